The molecule has 3 aliphatic rings. The van der Waals surface area contributed by atoms with Gasteiger partial charge in [-0.1, -0.05) is 0 Å². The van der Waals surface area contributed by atoms with E-state index < -0.39 is 0 Å². The van der Waals surface area contributed by atoms with Crippen molar-refractivity contribution in [2.75, 3.05) is 32.8 Å². The standard InChI is InChI=1S/C20H29N3O3/c1-21-10-2-5-17(21)19(25)22-11-8-20(9-12-22)7-6-18(24)23(15-20)14-16-4-3-13-26-16/h2,5,10,16H,3-4,6-9,11-15H2,1H3/t16-/m0/s1. The summed E-state index contributed by atoms with van der Waals surface area (Å²) in [5.41, 5.74) is 0.928. The summed E-state index contributed by atoms with van der Waals surface area (Å²) in [7, 11) is 1.91. The second-order valence-electron chi connectivity index (χ2n) is 8.21. The number of likely N-dealkylation sites (tertiary alicyclic amines) is 2. The Labute approximate surface area is 155 Å². The summed E-state index contributed by atoms with van der Waals surface area (Å²) in [4.78, 5) is 29.1. The Balaban J connectivity index is 1.37. The lowest BCUT2D eigenvalue weighted by Crippen LogP contribution is -2.53. The molecular weight excluding hydrogens is 330 g/mol. The van der Waals surface area contributed by atoms with E-state index in [1.54, 1.807) is 0 Å². The third-order valence-corrected chi connectivity index (χ3v) is 6.47. The molecule has 3 fully saturated rings. The molecule has 4 heterocycles. The Morgan fingerprint density at radius 1 is 1.31 bits per heavy atom. The molecule has 0 bridgehead atoms. The van der Waals surface area contributed by atoms with Crippen LogP contribution in [0.2, 0.25) is 0 Å². The van der Waals surface area contributed by atoms with Crippen LogP contribution in [0.25, 0.3) is 0 Å². The van der Waals surface area contributed by atoms with Crippen molar-refractivity contribution in [1.82, 2.24) is 14.4 Å². The highest BCUT2D eigenvalue weighted by Crippen LogP contribution is 2.40. The Morgan fingerprint density at radius 2 is 2.12 bits per heavy atom. The van der Waals surface area contributed by atoms with E-state index in [2.05, 4.69) is 0 Å². The zero-order valence-electron chi connectivity index (χ0n) is 15.7. The number of nitrogens with zero attached hydrogens (tertiary/aromatic N) is 3. The highest BCUT2D eigenvalue weighted by atomic mass is 16.5. The zero-order chi connectivity index (χ0) is 18.1. The van der Waals surface area contributed by atoms with Crippen LogP contribution in [0.15, 0.2) is 18.3 Å². The fraction of sp³-hybridized carbons (Fsp3) is 0.700. The van der Waals surface area contributed by atoms with E-state index in [9.17, 15) is 9.59 Å². The molecule has 0 aromatic carbocycles. The summed E-state index contributed by atoms with van der Waals surface area (Å²) >= 11 is 0. The number of hydrogen-bond donors (Lipinski definition) is 0. The van der Waals surface area contributed by atoms with Gasteiger partial charge in [-0.15, -0.1) is 0 Å². The van der Waals surface area contributed by atoms with Crippen LogP contribution in [0.3, 0.4) is 0 Å². The first kappa shape index (κ1) is 17.6. The van der Waals surface area contributed by atoms with Crippen LogP contribution in [0.4, 0.5) is 0 Å². The topological polar surface area (TPSA) is 54.8 Å². The third-order valence-electron chi connectivity index (χ3n) is 6.47. The number of hydrogen-bond acceptors (Lipinski definition) is 3. The molecule has 1 atom stereocenters. The van der Waals surface area contributed by atoms with Gasteiger partial charge in [0, 0.05) is 52.5 Å². The van der Waals surface area contributed by atoms with Crippen LogP contribution in [0.1, 0.15) is 49.0 Å². The first-order chi connectivity index (χ1) is 12.6. The van der Waals surface area contributed by atoms with Gasteiger partial charge in [0.2, 0.25) is 5.91 Å². The molecule has 6 nitrogen and oxygen atoms in total. The Hall–Kier alpha value is -1.82. The lowest BCUT2D eigenvalue weighted by molar-refractivity contribution is -0.141. The van der Waals surface area contributed by atoms with Gasteiger partial charge >= 0.3 is 0 Å². The summed E-state index contributed by atoms with van der Waals surface area (Å²) in [5.74, 6) is 0.392. The minimum absolute atomic E-state index is 0.121. The molecule has 2 amide bonds. The van der Waals surface area contributed by atoms with E-state index in [1.807, 2.05) is 39.7 Å². The second-order valence-corrected chi connectivity index (χ2v) is 8.21. The predicted molar refractivity (Wildman–Crippen MR) is 97.8 cm³/mol. The average Bonchev–Trinajstić information content (AvgIpc) is 3.30. The summed E-state index contributed by atoms with van der Waals surface area (Å²) in [6.45, 7) is 3.97. The summed E-state index contributed by atoms with van der Waals surface area (Å²) in [6, 6.07) is 3.80. The molecule has 0 N–H and O–H groups in total. The van der Waals surface area contributed by atoms with Gasteiger partial charge in [0.15, 0.2) is 0 Å². The van der Waals surface area contributed by atoms with Crippen molar-refractivity contribution in [2.24, 2.45) is 12.5 Å². The van der Waals surface area contributed by atoms with Crippen molar-refractivity contribution < 1.29 is 14.3 Å². The lowest BCUT2D eigenvalue weighted by atomic mass is 9.72. The highest BCUT2D eigenvalue weighted by molar-refractivity contribution is 5.92. The predicted octanol–water partition coefficient (Wildman–Crippen LogP) is 2.05. The number of aryl methyl sites for hydroxylation is 1. The Bertz CT molecular complexity index is 670. The molecule has 3 aliphatic heterocycles. The van der Waals surface area contributed by atoms with Gasteiger partial charge in [0.05, 0.1) is 6.10 Å². The largest absolute Gasteiger partial charge is 0.376 e. The molecule has 0 saturated carbocycles. The number of aromatic nitrogens is 1. The normalized spacial score (nSPS) is 25.9. The molecule has 1 aromatic rings. The number of ether oxygens (including phenoxy) is 1. The molecule has 4 rings (SSSR count). The minimum Gasteiger partial charge on any atom is -0.376 e. The number of carbonyl (C=O) groups excluding carboxylic acids is 2. The van der Waals surface area contributed by atoms with Gasteiger partial charge in [-0.2, -0.15) is 0 Å². The molecular formula is C20H29N3O3. The molecule has 142 valence electrons. The van der Waals surface area contributed by atoms with E-state index in [-0.39, 0.29) is 23.3 Å². The third kappa shape index (κ3) is 3.39. The van der Waals surface area contributed by atoms with E-state index in [0.29, 0.717) is 6.42 Å². The molecule has 6 heteroatoms. The maximum absolute atomic E-state index is 12.7. The molecule has 3 saturated heterocycles. The van der Waals surface area contributed by atoms with Crippen LogP contribution < -0.4 is 0 Å². The quantitative estimate of drug-likeness (QED) is 0.830. The molecule has 0 radical (unpaired) electrons. The van der Waals surface area contributed by atoms with Gasteiger partial charge in [-0.05, 0) is 49.7 Å². The van der Waals surface area contributed by atoms with Crippen LogP contribution in [-0.4, -0.2) is 65.1 Å². The molecule has 0 aliphatic carbocycles. The van der Waals surface area contributed by atoms with Crippen molar-refractivity contribution in [3.63, 3.8) is 0 Å². The van der Waals surface area contributed by atoms with Crippen molar-refractivity contribution in [2.45, 2.75) is 44.6 Å². The van der Waals surface area contributed by atoms with Crippen molar-refractivity contribution in [3.8, 4) is 0 Å². The Morgan fingerprint density at radius 3 is 2.77 bits per heavy atom. The first-order valence-electron chi connectivity index (χ1n) is 9.86. The number of piperidine rings is 2. The smallest absolute Gasteiger partial charge is 0.270 e. The van der Waals surface area contributed by atoms with Gasteiger partial charge in [0.25, 0.3) is 5.91 Å². The maximum Gasteiger partial charge on any atom is 0.270 e. The van der Waals surface area contributed by atoms with Crippen molar-refractivity contribution >= 4 is 11.8 Å². The van der Waals surface area contributed by atoms with Gasteiger partial charge in [-0.25, -0.2) is 0 Å². The fourth-order valence-electron chi connectivity index (χ4n) is 4.74. The van der Waals surface area contributed by atoms with E-state index in [0.717, 1.165) is 70.6 Å². The monoisotopic (exact) mass is 359 g/mol. The highest BCUT2D eigenvalue weighted by Gasteiger charge is 2.42. The van der Waals surface area contributed by atoms with E-state index in [4.69, 9.17) is 4.74 Å². The van der Waals surface area contributed by atoms with Crippen molar-refractivity contribution in [3.05, 3.63) is 24.0 Å². The molecule has 0 unspecified atom stereocenters. The average molecular weight is 359 g/mol. The Kier molecular flexibility index (Phi) is 4.78. The van der Waals surface area contributed by atoms with E-state index >= 15 is 0 Å². The minimum atomic E-state index is 0.121. The number of rotatable bonds is 3. The van der Waals surface area contributed by atoms with Gasteiger partial charge in [0.1, 0.15) is 5.69 Å². The van der Waals surface area contributed by atoms with Crippen LogP contribution >= 0.6 is 0 Å². The summed E-state index contributed by atoms with van der Waals surface area (Å²) in [6.07, 6.45) is 7.86. The van der Waals surface area contributed by atoms with Gasteiger partial charge < -0.3 is 19.1 Å². The van der Waals surface area contributed by atoms with Crippen LogP contribution in [0.5, 0.6) is 0 Å². The maximum atomic E-state index is 12.7. The SMILES string of the molecule is Cn1cccc1C(=O)N1CCC2(CCC(=O)N(C[C@@H]3CCCO3)C2)CC1. The first-order valence-corrected chi connectivity index (χ1v) is 9.86. The summed E-state index contributed by atoms with van der Waals surface area (Å²) in [5, 5.41) is 0. The lowest BCUT2D eigenvalue weighted by Gasteiger charge is -2.47. The summed E-state index contributed by atoms with van der Waals surface area (Å²) < 4.78 is 7.62. The van der Waals surface area contributed by atoms with Crippen molar-refractivity contribution in [1.29, 1.82) is 0 Å². The molecule has 1 aromatic heterocycles. The van der Waals surface area contributed by atoms with Crippen LogP contribution in [0, 0.1) is 5.41 Å². The van der Waals surface area contributed by atoms with Crippen LogP contribution in [-0.2, 0) is 16.6 Å². The van der Waals surface area contributed by atoms with Gasteiger partial charge in [-0.3, -0.25) is 9.59 Å². The second kappa shape index (κ2) is 7.06. The van der Waals surface area contributed by atoms with E-state index in [1.165, 1.54) is 0 Å². The fourth-order valence-corrected chi connectivity index (χ4v) is 4.74. The molecule has 26 heavy (non-hydrogen) atoms. The number of carbonyl (C=O) groups is 2. The number of amides is 2. The zero-order valence-corrected chi connectivity index (χ0v) is 15.7. The molecule has 1 spiro atoms.